The topological polar surface area (TPSA) is 63.8 Å². The van der Waals surface area contributed by atoms with Crippen LogP contribution >= 0.6 is 27.3 Å². The van der Waals surface area contributed by atoms with Crippen molar-refractivity contribution in [3.8, 4) is 0 Å². The van der Waals surface area contributed by atoms with Crippen LogP contribution < -0.4 is 11.1 Å². The van der Waals surface area contributed by atoms with Gasteiger partial charge in [-0.25, -0.2) is 9.97 Å². The lowest BCUT2D eigenvalue weighted by Gasteiger charge is -2.06. The Hall–Kier alpha value is -1.14. The van der Waals surface area contributed by atoms with Crippen molar-refractivity contribution in [3.63, 3.8) is 0 Å². The van der Waals surface area contributed by atoms with Crippen molar-refractivity contribution in [2.45, 2.75) is 13.5 Å². The fraction of sp³-hybridized carbons (Fsp3) is 0.200. The van der Waals surface area contributed by atoms with E-state index in [2.05, 4.69) is 31.2 Å². The summed E-state index contributed by atoms with van der Waals surface area (Å²) < 4.78 is 0.875. The summed E-state index contributed by atoms with van der Waals surface area (Å²) in [5.74, 6) is 0.689. The molecule has 4 nitrogen and oxygen atoms in total. The molecule has 0 saturated carbocycles. The Labute approximate surface area is 106 Å². The molecule has 0 atom stereocenters. The number of hydrogen-bond acceptors (Lipinski definition) is 5. The van der Waals surface area contributed by atoms with Gasteiger partial charge in [0.25, 0.3) is 0 Å². The highest BCUT2D eigenvalue weighted by molar-refractivity contribution is 9.10. The van der Waals surface area contributed by atoms with E-state index in [1.807, 2.05) is 18.4 Å². The van der Waals surface area contributed by atoms with Crippen LogP contribution in [-0.2, 0) is 6.54 Å². The van der Waals surface area contributed by atoms with Crippen LogP contribution in [-0.4, -0.2) is 9.97 Å². The van der Waals surface area contributed by atoms with Gasteiger partial charge in [-0.3, -0.25) is 0 Å². The minimum atomic E-state index is 0.626. The number of nitrogens with one attached hydrogen (secondary N) is 1. The molecule has 0 aromatic carbocycles. The summed E-state index contributed by atoms with van der Waals surface area (Å²) in [5, 5.41) is 6.25. The van der Waals surface area contributed by atoms with Crippen LogP contribution in [0.25, 0.3) is 0 Å². The molecular formula is C10H11BrN4S. The highest BCUT2D eigenvalue weighted by Crippen LogP contribution is 2.20. The molecule has 2 heterocycles. The van der Waals surface area contributed by atoms with Crippen molar-refractivity contribution in [2.75, 3.05) is 11.1 Å². The molecule has 16 heavy (non-hydrogen) atoms. The number of aromatic nitrogens is 2. The first-order valence-corrected chi connectivity index (χ1v) is 6.38. The number of nitrogens with zero attached hydrogens (tertiary/aromatic N) is 2. The molecule has 0 spiro atoms. The Balaban J connectivity index is 2.04. The number of halogens is 1. The number of aryl methyl sites for hydroxylation is 1. The van der Waals surface area contributed by atoms with E-state index in [0.717, 1.165) is 15.2 Å². The van der Waals surface area contributed by atoms with Gasteiger partial charge in [0.1, 0.15) is 5.82 Å². The number of thiazole rings is 1. The van der Waals surface area contributed by atoms with Gasteiger partial charge >= 0.3 is 0 Å². The average molecular weight is 299 g/mol. The Morgan fingerprint density at radius 2 is 2.38 bits per heavy atom. The van der Waals surface area contributed by atoms with Gasteiger partial charge in [0.15, 0.2) is 0 Å². The lowest BCUT2D eigenvalue weighted by molar-refractivity contribution is 1.04. The van der Waals surface area contributed by atoms with Gasteiger partial charge in [-0.05, 0) is 28.9 Å². The summed E-state index contributed by atoms with van der Waals surface area (Å²) in [6, 6.07) is 1.82. The zero-order valence-electron chi connectivity index (χ0n) is 8.70. The predicted molar refractivity (Wildman–Crippen MR) is 70.5 cm³/mol. The number of pyridine rings is 1. The van der Waals surface area contributed by atoms with Gasteiger partial charge < -0.3 is 11.1 Å². The quantitative estimate of drug-likeness (QED) is 0.914. The first-order chi connectivity index (χ1) is 7.65. The second-order valence-electron chi connectivity index (χ2n) is 3.30. The van der Waals surface area contributed by atoms with Gasteiger partial charge in [-0.15, -0.1) is 11.3 Å². The highest BCUT2D eigenvalue weighted by Gasteiger charge is 2.02. The van der Waals surface area contributed by atoms with E-state index in [-0.39, 0.29) is 0 Å². The van der Waals surface area contributed by atoms with Crippen LogP contribution in [0.15, 0.2) is 22.1 Å². The van der Waals surface area contributed by atoms with Crippen molar-refractivity contribution in [3.05, 3.63) is 32.8 Å². The molecule has 0 amide bonds. The lowest BCUT2D eigenvalue weighted by atomic mass is 10.4. The fourth-order valence-corrected chi connectivity index (χ4v) is 2.23. The third kappa shape index (κ3) is 2.70. The molecule has 0 bridgehead atoms. The second-order valence-corrected chi connectivity index (χ2v) is 5.28. The van der Waals surface area contributed by atoms with Gasteiger partial charge in [0.2, 0.25) is 0 Å². The summed E-state index contributed by atoms with van der Waals surface area (Å²) in [6.07, 6.45) is 1.71. The summed E-state index contributed by atoms with van der Waals surface area (Å²) in [7, 11) is 0. The van der Waals surface area contributed by atoms with Crippen molar-refractivity contribution in [1.82, 2.24) is 9.97 Å². The van der Waals surface area contributed by atoms with Crippen molar-refractivity contribution in [2.24, 2.45) is 0 Å². The van der Waals surface area contributed by atoms with Crippen LogP contribution in [0.2, 0.25) is 0 Å². The lowest BCUT2D eigenvalue weighted by Crippen LogP contribution is -2.04. The van der Waals surface area contributed by atoms with E-state index in [1.54, 1.807) is 17.5 Å². The molecule has 0 fully saturated rings. The molecule has 2 rings (SSSR count). The largest absolute Gasteiger partial charge is 0.396 e. The number of nitrogen functional groups attached to an aromatic ring is 1. The first kappa shape index (κ1) is 11.3. The molecule has 0 aliphatic carbocycles. The van der Waals surface area contributed by atoms with Crippen LogP contribution in [0.3, 0.4) is 0 Å². The Morgan fingerprint density at radius 3 is 3.00 bits per heavy atom. The molecule has 0 unspecified atom stereocenters. The molecule has 0 aliphatic heterocycles. The van der Waals surface area contributed by atoms with Gasteiger partial charge in [-0.1, -0.05) is 0 Å². The van der Waals surface area contributed by atoms with Gasteiger partial charge in [-0.2, -0.15) is 0 Å². The van der Waals surface area contributed by atoms with Crippen molar-refractivity contribution < 1.29 is 0 Å². The van der Waals surface area contributed by atoms with E-state index in [9.17, 15) is 0 Å². The van der Waals surface area contributed by atoms with Crippen molar-refractivity contribution >= 4 is 38.8 Å². The molecular weight excluding hydrogens is 288 g/mol. The van der Waals surface area contributed by atoms with Crippen LogP contribution in [0, 0.1) is 6.92 Å². The minimum absolute atomic E-state index is 0.626. The molecule has 0 aliphatic rings. The maximum atomic E-state index is 5.82. The summed E-state index contributed by atoms with van der Waals surface area (Å²) >= 11 is 4.95. The number of nitrogens with two attached hydrogens (primary N) is 1. The summed E-state index contributed by atoms with van der Waals surface area (Å²) in [6.45, 7) is 2.63. The second kappa shape index (κ2) is 4.80. The number of hydrogen-bond donors (Lipinski definition) is 2. The molecule has 84 valence electrons. The van der Waals surface area contributed by atoms with Crippen LogP contribution in [0.4, 0.5) is 11.5 Å². The minimum Gasteiger partial charge on any atom is -0.396 e. The highest BCUT2D eigenvalue weighted by atomic mass is 79.9. The maximum absolute atomic E-state index is 5.82. The number of anilines is 2. The van der Waals surface area contributed by atoms with Crippen LogP contribution in [0.1, 0.15) is 10.7 Å². The molecule has 3 N–H and O–H groups in total. The third-order valence-corrected chi connectivity index (χ3v) is 3.24. The van der Waals surface area contributed by atoms with Gasteiger partial charge in [0, 0.05) is 16.0 Å². The SMILES string of the molecule is Cc1nc(CNc2ncc(Br)cc2N)cs1. The third-order valence-electron chi connectivity index (χ3n) is 1.99. The first-order valence-electron chi connectivity index (χ1n) is 4.71. The van der Waals surface area contributed by atoms with E-state index in [4.69, 9.17) is 5.73 Å². The molecule has 6 heteroatoms. The summed E-state index contributed by atoms with van der Waals surface area (Å²) in [4.78, 5) is 8.54. The normalized spacial score (nSPS) is 10.4. The predicted octanol–water partition coefficient (Wildman–Crippen LogP) is 2.80. The van der Waals surface area contributed by atoms with E-state index in [1.165, 1.54) is 0 Å². The summed E-state index contributed by atoms with van der Waals surface area (Å²) in [5.41, 5.74) is 7.45. The van der Waals surface area contributed by atoms with E-state index < -0.39 is 0 Å². The van der Waals surface area contributed by atoms with E-state index in [0.29, 0.717) is 18.1 Å². The Bertz CT molecular complexity index is 497. The molecule has 0 radical (unpaired) electrons. The molecule has 2 aromatic rings. The van der Waals surface area contributed by atoms with E-state index >= 15 is 0 Å². The van der Waals surface area contributed by atoms with Crippen molar-refractivity contribution in [1.29, 1.82) is 0 Å². The Morgan fingerprint density at radius 1 is 1.56 bits per heavy atom. The fourth-order valence-electron chi connectivity index (χ4n) is 1.27. The zero-order chi connectivity index (χ0) is 11.5. The Kier molecular flexibility index (Phi) is 3.40. The standard InChI is InChI=1S/C10H11BrN4S/c1-6-15-8(5-16-6)4-14-10-9(12)2-7(11)3-13-10/h2-3,5H,4,12H2,1H3,(H,13,14). The zero-order valence-corrected chi connectivity index (χ0v) is 11.1. The average Bonchev–Trinajstić information content (AvgIpc) is 2.63. The van der Waals surface area contributed by atoms with Crippen LogP contribution in [0.5, 0.6) is 0 Å². The maximum Gasteiger partial charge on any atom is 0.149 e. The van der Waals surface area contributed by atoms with Gasteiger partial charge in [0.05, 0.1) is 22.9 Å². The molecule has 2 aromatic heterocycles. The monoisotopic (exact) mass is 298 g/mol. The molecule has 0 saturated heterocycles. The number of rotatable bonds is 3. The smallest absolute Gasteiger partial charge is 0.149 e.